The zero-order chi connectivity index (χ0) is 19.9. The number of aromatic nitrogens is 3. The van der Waals surface area contributed by atoms with E-state index >= 15 is 0 Å². The number of nitro groups is 4. The molecule has 3 aromatic rings. The summed E-state index contributed by atoms with van der Waals surface area (Å²) in [7, 11) is 0. The molecule has 0 aliphatic carbocycles. The quantitative estimate of drug-likeness (QED) is 0.468. The van der Waals surface area contributed by atoms with Crippen molar-refractivity contribution in [2.75, 3.05) is 0 Å². The van der Waals surface area contributed by atoms with Crippen LogP contribution in [0, 0.1) is 40.5 Å². The second kappa shape index (κ2) is 6.06. The van der Waals surface area contributed by atoms with Gasteiger partial charge in [-0.2, -0.15) is 4.68 Å². The summed E-state index contributed by atoms with van der Waals surface area (Å²) in [5.41, 5.74) is -3.59. The summed E-state index contributed by atoms with van der Waals surface area (Å²) in [6.07, 6.45) is 0. The molecule has 27 heavy (non-hydrogen) atoms. The average Bonchev–Trinajstić information content (AvgIpc) is 3.03. The molecule has 15 nitrogen and oxygen atoms in total. The molecular weight excluding hydrogens is 370 g/mol. The van der Waals surface area contributed by atoms with Gasteiger partial charge in [0.15, 0.2) is 5.52 Å². The van der Waals surface area contributed by atoms with Crippen molar-refractivity contribution >= 4 is 33.8 Å². The van der Waals surface area contributed by atoms with Crippen molar-refractivity contribution in [3.8, 4) is 5.69 Å². The van der Waals surface area contributed by atoms with Gasteiger partial charge in [-0.05, 0) is 6.07 Å². The summed E-state index contributed by atoms with van der Waals surface area (Å²) < 4.78 is 0.735. The zero-order valence-electron chi connectivity index (χ0n) is 12.8. The van der Waals surface area contributed by atoms with Crippen LogP contribution in [-0.2, 0) is 0 Å². The monoisotopic (exact) mass is 375 g/mol. The molecule has 136 valence electrons. The first-order valence-electron chi connectivity index (χ1n) is 6.82. The number of fused-ring (bicyclic) bond motifs is 1. The molecule has 0 spiro atoms. The molecule has 0 saturated carbocycles. The lowest BCUT2D eigenvalue weighted by Crippen LogP contribution is -2.04. The van der Waals surface area contributed by atoms with Gasteiger partial charge >= 0.3 is 11.4 Å². The van der Waals surface area contributed by atoms with Gasteiger partial charge in [-0.1, -0.05) is 5.21 Å². The fourth-order valence-electron chi connectivity index (χ4n) is 2.38. The van der Waals surface area contributed by atoms with E-state index < -0.39 is 42.4 Å². The first-order valence-corrected chi connectivity index (χ1v) is 6.82. The Labute approximate surface area is 146 Å². The van der Waals surface area contributed by atoms with E-state index in [1.165, 1.54) is 0 Å². The van der Waals surface area contributed by atoms with Crippen LogP contribution in [0.25, 0.3) is 16.7 Å². The van der Waals surface area contributed by atoms with Crippen molar-refractivity contribution < 1.29 is 19.7 Å². The number of non-ortho nitro benzene ring substituents is 3. The van der Waals surface area contributed by atoms with Crippen LogP contribution in [0.4, 0.5) is 22.7 Å². The SMILES string of the molecule is O=[N+]([O-])c1ccc(-n2nnc3cc([N+](=O)[O-])cc([N+](=O)[O-])c32)c([N+](=O)[O-])c1. The molecule has 0 amide bonds. The van der Waals surface area contributed by atoms with E-state index in [9.17, 15) is 40.5 Å². The van der Waals surface area contributed by atoms with Crippen molar-refractivity contribution in [3.63, 3.8) is 0 Å². The fraction of sp³-hybridized carbons (Fsp3) is 0. The Hall–Kier alpha value is -4.56. The predicted octanol–water partition coefficient (Wildman–Crippen LogP) is 2.05. The minimum absolute atomic E-state index is 0.247. The molecule has 0 saturated heterocycles. The largest absolute Gasteiger partial charge is 0.304 e. The Balaban J connectivity index is 2.36. The van der Waals surface area contributed by atoms with Crippen molar-refractivity contribution in [2.24, 2.45) is 0 Å². The second-order valence-corrected chi connectivity index (χ2v) is 5.04. The average molecular weight is 375 g/mol. The van der Waals surface area contributed by atoms with Gasteiger partial charge in [-0.3, -0.25) is 40.5 Å². The maximum Gasteiger partial charge on any atom is 0.304 e. The van der Waals surface area contributed by atoms with Crippen LogP contribution in [0.1, 0.15) is 0 Å². The van der Waals surface area contributed by atoms with Gasteiger partial charge in [0.1, 0.15) is 11.2 Å². The molecule has 1 heterocycles. The van der Waals surface area contributed by atoms with Crippen LogP contribution in [0.3, 0.4) is 0 Å². The lowest BCUT2D eigenvalue weighted by molar-refractivity contribution is -0.394. The fourth-order valence-corrected chi connectivity index (χ4v) is 2.38. The molecule has 0 atom stereocenters. The number of hydrogen-bond acceptors (Lipinski definition) is 10. The van der Waals surface area contributed by atoms with Crippen LogP contribution in [-0.4, -0.2) is 34.7 Å². The molecule has 0 unspecified atom stereocenters. The number of nitro benzene ring substituents is 4. The maximum atomic E-state index is 11.3. The third-order valence-corrected chi connectivity index (χ3v) is 3.51. The molecule has 15 heteroatoms. The van der Waals surface area contributed by atoms with Crippen LogP contribution < -0.4 is 0 Å². The van der Waals surface area contributed by atoms with E-state index in [2.05, 4.69) is 10.3 Å². The smallest absolute Gasteiger partial charge is 0.258 e. The van der Waals surface area contributed by atoms with Crippen molar-refractivity contribution in [1.29, 1.82) is 0 Å². The summed E-state index contributed by atoms with van der Waals surface area (Å²) in [6, 6.07) is 4.19. The Morgan fingerprint density at radius 1 is 0.741 bits per heavy atom. The number of rotatable bonds is 5. The molecule has 0 radical (unpaired) electrons. The molecule has 0 aliphatic heterocycles. The highest BCUT2D eigenvalue weighted by molar-refractivity contribution is 5.88. The molecule has 1 aromatic heterocycles. The highest BCUT2D eigenvalue weighted by Crippen LogP contribution is 2.34. The van der Waals surface area contributed by atoms with Gasteiger partial charge in [0.05, 0.1) is 31.8 Å². The highest BCUT2D eigenvalue weighted by Gasteiger charge is 2.28. The zero-order valence-corrected chi connectivity index (χ0v) is 12.8. The summed E-state index contributed by atoms with van der Waals surface area (Å²) in [5, 5.41) is 51.5. The van der Waals surface area contributed by atoms with Gasteiger partial charge in [0.2, 0.25) is 0 Å². The molecule has 0 aliphatic rings. The minimum atomic E-state index is -0.924. The summed E-state index contributed by atoms with van der Waals surface area (Å²) >= 11 is 0. The van der Waals surface area contributed by atoms with E-state index in [1.54, 1.807) is 0 Å². The van der Waals surface area contributed by atoms with Gasteiger partial charge in [0.25, 0.3) is 11.4 Å². The summed E-state index contributed by atoms with van der Waals surface area (Å²) in [5.74, 6) is 0. The minimum Gasteiger partial charge on any atom is -0.258 e. The third kappa shape index (κ3) is 2.84. The summed E-state index contributed by atoms with van der Waals surface area (Å²) in [4.78, 5) is 40.8. The van der Waals surface area contributed by atoms with Crippen LogP contribution in [0.5, 0.6) is 0 Å². The molecule has 2 aromatic carbocycles. The second-order valence-electron chi connectivity index (χ2n) is 5.04. The standard InChI is InChI=1S/C12H5N7O8/c20-16(21)6-1-2-9(10(4-6)18(24)25)15-12-8(13-14-15)3-7(17(22)23)5-11(12)19(26)27/h1-5H. The van der Waals surface area contributed by atoms with E-state index in [4.69, 9.17) is 0 Å². The van der Waals surface area contributed by atoms with E-state index in [0.717, 1.165) is 22.9 Å². The van der Waals surface area contributed by atoms with Gasteiger partial charge < -0.3 is 0 Å². The number of benzene rings is 2. The Kier molecular flexibility index (Phi) is 3.88. The van der Waals surface area contributed by atoms with Gasteiger partial charge in [0, 0.05) is 12.1 Å². The van der Waals surface area contributed by atoms with E-state index in [-0.39, 0.29) is 16.7 Å². The van der Waals surface area contributed by atoms with E-state index in [0.29, 0.717) is 12.1 Å². The Morgan fingerprint density at radius 2 is 1.33 bits per heavy atom. The normalized spacial score (nSPS) is 10.7. The first-order chi connectivity index (χ1) is 12.7. The van der Waals surface area contributed by atoms with E-state index in [1.807, 2.05) is 0 Å². The van der Waals surface area contributed by atoms with Crippen molar-refractivity contribution in [1.82, 2.24) is 15.0 Å². The lowest BCUT2D eigenvalue weighted by Gasteiger charge is -2.04. The number of nitrogens with zero attached hydrogens (tertiary/aromatic N) is 7. The van der Waals surface area contributed by atoms with Crippen molar-refractivity contribution in [2.45, 2.75) is 0 Å². The van der Waals surface area contributed by atoms with Gasteiger partial charge in [-0.15, -0.1) is 5.10 Å². The topological polar surface area (TPSA) is 203 Å². The lowest BCUT2D eigenvalue weighted by atomic mass is 10.2. The summed E-state index contributed by atoms with van der Waals surface area (Å²) in [6.45, 7) is 0. The number of hydrogen-bond donors (Lipinski definition) is 0. The van der Waals surface area contributed by atoms with Crippen LogP contribution in [0.2, 0.25) is 0 Å². The molecular formula is C12H5N7O8. The predicted molar refractivity (Wildman–Crippen MR) is 85.5 cm³/mol. The van der Waals surface area contributed by atoms with Gasteiger partial charge in [-0.25, -0.2) is 0 Å². The van der Waals surface area contributed by atoms with Crippen molar-refractivity contribution in [3.05, 3.63) is 70.8 Å². The molecule has 0 fully saturated rings. The molecule has 0 bridgehead atoms. The van der Waals surface area contributed by atoms with Crippen LogP contribution >= 0.6 is 0 Å². The Bertz CT molecular complexity index is 1150. The highest BCUT2D eigenvalue weighted by atomic mass is 16.6. The molecule has 3 rings (SSSR count). The Morgan fingerprint density at radius 3 is 1.89 bits per heavy atom. The first kappa shape index (κ1) is 17.3. The molecule has 0 N–H and O–H groups in total. The third-order valence-electron chi connectivity index (χ3n) is 3.51. The maximum absolute atomic E-state index is 11.3. The van der Waals surface area contributed by atoms with Crippen LogP contribution in [0.15, 0.2) is 30.3 Å².